The molecule has 1 aromatic carbocycles. The van der Waals surface area contributed by atoms with Crippen molar-refractivity contribution in [3.63, 3.8) is 0 Å². The second-order valence-corrected chi connectivity index (χ2v) is 4.82. The van der Waals surface area contributed by atoms with Crippen LogP contribution in [0, 0.1) is 3.57 Å². The number of aryl methyl sites for hydroxylation is 1. The molecule has 0 heterocycles. The molecular weight excluding hydrogens is 298 g/mol. The first-order valence-corrected chi connectivity index (χ1v) is 5.61. The minimum atomic E-state index is 0.339. The minimum Gasteiger partial charge on any atom is -0.299 e. The van der Waals surface area contributed by atoms with Crippen LogP contribution in [-0.4, -0.2) is 5.78 Å². The zero-order valence-corrected chi connectivity index (χ0v) is 9.85. The van der Waals surface area contributed by atoms with E-state index in [-0.39, 0.29) is 0 Å². The molecule has 0 amide bonds. The van der Waals surface area contributed by atoms with Crippen LogP contribution in [0.25, 0.3) is 0 Å². The van der Waals surface area contributed by atoms with E-state index in [9.17, 15) is 4.79 Å². The van der Waals surface area contributed by atoms with Gasteiger partial charge in [0, 0.05) is 16.4 Å². The van der Waals surface area contributed by atoms with Gasteiger partial charge in [-0.3, -0.25) is 4.79 Å². The van der Waals surface area contributed by atoms with Gasteiger partial charge >= 0.3 is 0 Å². The molecule has 0 fully saturated rings. The van der Waals surface area contributed by atoms with E-state index >= 15 is 0 Å². The lowest BCUT2D eigenvalue weighted by Gasteiger charge is -2.15. The third kappa shape index (κ3) is 1.89. The second kappa shape index (κ2) is 3.58. The molecule has 0 saturated carbocycles. The molecule has 2 rings (SSSR count). The summed E-state index contributed by atoms with van der Waals surface area (Å²) in [5, 5.41) is 0.800. The predicted molar refractivity (Wildman–Crippen MR) is 61.2 cm³/mol. The normalized spacial score (nSPS) is 15.7. The molecule has 0 saturated heterocycles. The fourth-order valence-electron chi connectivity index (χ4n) is 1.60. The Labute approximate surface area is 95.6 Å². The number of hydrogen-bond donors (Lipinski definition) is 0. The van der Waals surface area contributed by atoms with Gasteiger partial charge in [0.05, 0.1) is 5.02 Å². The van der Waals surface area contributed by atoms with Crippen molar-refractivity contribution in [3.05, 3.63) is 31.9 Å². The Morgan fingerprint density at radius 3 is 2.77 bits per heavy atom. The summed E-state index contributed by atoms with van der Waals surface area (Å²) in [7, 11) is 0. The number of halogens is 2. The molecule has 0 radical (unpaired) electrons. The van der Waals surface area contributed by atoms with Gasteiger partial charge < -0.3 is 0 Å². The molecule has 0 spiro atoms. The third-order valence-electron chi connectivity index (χ3n) is 2.30. The van der Waals surface area contributed by atoms with Gasteiger partial charge in [-0.05, 0) is 52.3 Å². The number of benzene rings is 1. The van der Waals surface area contributed by atoms with Crippen LogP contribution in [0.4, 0.5) is 0 Å². The highest BCUT2D eigenvalue weighted by Crippen LogP contribution is 2.27. The molecule has 1 aliphatic rings. The summed E-state index contributed by atoms with van der Waals surface area (Å²) in [4.78, 5) is 11.2. The van der Waals surface area contributed by atoms with Crippen molar-refractivity contribution in [3.8, 4) is 0 Å². The highest BCUT2D eigenvalue weighted by Gasteiger charge is 2.16. The zero-order valence-electron chi connectivity index (χ0n) is 6.94. The van der Waals surface area contributed by atoms with Crippen molar-refractivity contribution < 1.29 is 4.79 Å². The van der Waals surface area contributed by atoms with Crippen LogP contribution in [0.5, 0.6) is 0 Å². The van der Waals surface area contributed by atoms with Crippen LogP contribution in [0.3, 0.4) is 0 Å². The first kappa shape index (κ1) is 9.46. The molecular formula is C10H8ClIO. The van der Waals surface area contributed by atoms with Gasteiger partial charge in [0.15, 0.2) is 0 Å². The van der Waals surface area contributed by atoms with Crippen molar-refractivity contribution in [2.24, 2.45) is 0 Å². The summed E-state index contributed by atoms with van der Waals surface area (Å²) in [6.07, 6.45) is 2.11. The van der Waals surface area contributed by atoms with E-state index < -0.39 is 0 Å². The van der Waals surface area contributed by atoms with Crippen molar-refractivity contribution in [2.75, 3.05) is 0 Å². The Morgan fingerprint density at radius 2 is 2.00 bits per heavy atom. The maximum absolute atomic E-state index is 11.2. The predicted octanol–water partition coefficient (Wildman–Crippen LogP) is 3.00. The van der Waals surface area contributed by atoms with Crippen LogP contribution in [0.1, 0.15) is 17.5 Å². The Hall–Kier alpha value is -0.0900. The van der Waals surface area contributed by atoms with Crippen LogP contribution in [0.2, 0.25) is 5.02 Å². The average molecular weight is 307 g/mol. The molecule has 1 aromatic rings. The van der Waals surface area contributed by atoms with Gasteiger partial charge in [0.2, 0.25) is 0 Å². The molecule has 1 aliphatic carbocycles. The zero-order chi connectivity index (χ0) is 9.42. The maximum atomic E-state index is 11.2. The van der Waals surface area contributed by atoms with Crippen LogP contribution in [-0.2, 0) is 17.6 Å². The number of hydrogen-bond acceptors (Lipinski definition) is 1. The van der Waals surface area contributed by atoms with Gasteiger partial charge in [0.1, 0.15) is 5.78 Å². The lowest BCUT2D eigenvalue weighted by molar-refractivity contribution is -0.118. The van der Waals surface area contributed by atoms with Gasteiger partial charge in [-0.2, -0.15) is 0 Å². The number of Topliss-reactive ketones (excluding diaryl/α,β-unsaturated/α-hetero) is 1. The standard InChI is InChI=1S/C10H8ClIO/c11-9-4-6-1-2-8(13)3-7(6)5-10(9)12/h4-5H,1-3H2. The summed E-state index contributed by atoms with van der Waals surface area (Å²) >= 11 is 8.18. The van der Waals surface area contributed by atoms with Crippen LogP contribution in [0.15, 0.2) is 12.1 Å². The number of carbonyl (C=O) groups excluding carboxylic acids is 1. The lowest BCUT2D eigenvalue weighted by atomic mass is 9.91. The molecule has 0 bridgehead atoms. The fraction of sp³-hybridized carbons (Fsp3) is 0.300. The van der Waals surface area contributed by atoms with Gasteiger partial charge in [0.25, 0.3) is 0 Å². The summed E-state index contributed by atoms with van der Waals surface area (Å²) in [6.45, 7) is 0. The molecule has 0 N–H and O–H groups in total. The Morgan fingerprint density at radius 1 is 1.23 bits per heavy atom. The molecule has 13 heavy (non-hydrogen) atoms. The summed E-state index contributed by atoms with van der Waals surface area (Å²) in [5.41, 5.74) is 2.40. The van der Waals surface area contributed by atoms with E-state index in [1.165, 1.54) is 5.56 Å². The van der Waals surface area contributed by atoms with E-state index in [4.69, 9.17) is 11.6 Å². The van der Waals surface area contributed by atoms with Crippen LogP contribution >= 0.6 is 34.2 Å². The quantitative estimate of drug-likeness (QED) is 0.674. The van der Waals surface area contributed by atoms with E-state index in [1.54, 1.807) is 0 Å². The minimum absolute atomic E-state index is 0.339. The SMILES string of the molecule is O=C1CCc2cc(Cl)c(I)cc2C1. The largest absolute Gasteiger partial charge is 0.299 e. The van der Waals surface area contributed by atoms with E-state index in [1.807, 2.05) is 12.1 Å². The van der Waals surface area contributed by atoms with Crippen molar-refractivity contribution in [1.82, 2.24) is 0 Å². The molecule has 0 aromatic heterocycles. The average Bonchev–Trinajstić information content (AvgIpc) is 2.08. The van der Waals surface area contributed by atoms with Gasteiger partial charge in [-0.1, -0.05) is 11.6 Å². The number of rotatable bonds is 0. The van der Waals surface area contributed by atoms with Gasteiger partial charge in [-0.15, -0.1) is 0 Å². The number of fused-ring (bicyclic) bond motifs is 1. The molecule has 1 nitrogen and oxygen atoms in total. The third-order valence-corrected chi connectivity index (χ3v) is 3.83. The second-order valence-electron chi connectivity index (χ2n) is 3.25. The van der Waals surface area contributed by atoms with Crippen molar-refractivity contribution >= 4 is 40.0 Å². The Kier molecular flexibility index (Phi) is 2.60. The first-order valence-electron chi connectivity index (χ1n) is 4.15. The van der Waals surface area contributed by atoms with Crippen molar-refractivity contribution in [1.29, 1.82) is 0 Å². The lowest BCUT2D eigenvalue weighted by Crippen LogP contribution is -2.13. The number of carbonyl (C=O) groups is 1. The summed E-state index contributed by atoms with van der Waals surface area (Å²) < 4.78 is 1.03. The molecule has 3 heteroatoms. The highest BCUT2D eigenvalue weighted by atomic mass is 127. The summed E-state index contributed by atoms with van der Waals surface area (Å²) in [6, 6.07) is 4.01. The fourth-order valence-corrected chi connectivity index (χ4v) is 2.32. The van der Waals surface area contributed by atoms with E-state index in [2.05, 4.69) is 22.6 Å². The smallest absolute Gasteiger partial charge is 0.137 e. The Bertz CT molecular complexity index is 373. The molecule has 0 atom stereocenters. The molecule has 68 valence electrons. The molecule has 0 aliphatic heterocycles. The van der Waals surface area contributed by atoms with E-state index in [0.717, 1.165) is 20.6 Å². The topological polar surface area (TPSA) is 17.1 Å². The van der Waals surface area contributed by atoms with Crippen molar-refractivity contribution in [2.45, 2.75) is 19.3 Å². The highest BCUT2D eigenvalue weighted by molar-refractivity contribution is 14.1. The van der Waals surface area contributed by atoms with Gasteiger partial charge in [-0.25, -0.2) is 0 Å². The monoisotopic (exact) mass is 306 g/mol. The number of ketones is 1. The Balaban J connectivity index is 2.49. The maximum Gasteiger partial charge on any atom is 0.137 e. The first-order chi connectivity index (χ1) is 6.16. The van der Waals surface area contributed by atoms with Crippen LogP contribution < -0.4 is 0 Å². The summed E-state index contributed by atoms with van der Waals surface area (Å²) in [5.74, 6) is 0.339. The van der Waals surface area contributed by atoms with E-state index in [0.29, 0.717) is 18.6 Å². The molecule has 0 unspecified atom stereocenters.